The van der Waals surface area contributed by atoms with E-state index in [-0.39, 0.29) is 26.1 Å². The Balaban J connectivity index is 2.62. The number of hydrogen-bond acceptors (Lipinski definition) is 5. The van der Waals surface area contributed by atoms with Gasteiger partial charge in [0.25, 0.3) is 0 Å². The van der Waals surface area contributed by atoms with E-state index in [2.05, 4.69) is 15.3 Å². The van der Waals surface area contributed by atoms with Crippen molar-refractivity contribution in [3.05, 3.63) is 18.2 Å². The average Bonchev–Trinajstić information content (AvgIpc) is 2.95. The molecule has 1 atom stereocenters. The van der Waals surface area contributed by atoms with Gasteiger partial charge in [0.1, 0.15) is 6.04 Å². The minimum Gasteiger partial charge on any atom is -0.480 e. The number of aliphatic hydroxyl groups excluding tert-OH is 1. The molecule has 0 unspecified atom stereocenters. The highest BCUT2D eigenvalue weighted by Crippen LogP contribution is 2.00. The van der Waals surface area contributed by atoms with Crippen LogP contribution in [-0.2, 0) is 16.0 Å². The van der Waals surface area contributed by atoms with Crippen LogP contribution in [-0.4, -0.2) is 76.5 Å². The lowest BCUT2D eigenvalue weighted by atomic mass is 10.1. The Kier molecular flexibility index (Phi) is 7.19. The number of aliphatic hydroxyl groups is 1. The molecule has 0 aromatic carbocycles. The van der Waals surface area contributed by atoms with Crippen LogP contribution in [0.2, 0.25) is 0 Å². The number of carbonyl (C=O) groups is 2. The van der Waals surface area contributed by atoms with E-state index >= 15 is 0 Å². The number of imidazole rings is 1. The summed E-state index contributed by atoms with van der Waals surface area (Å²) in [7, 11) is 1.49. The Hall–Kier alpha value is -2.13. The third-order valence-corrected chi connectivity index (χ3v) is 2.80. The van der Waals surface area contributed by atoms with Gasteiger partial charge < -0.3 is 30.2 Å². The van der Waals surface area contributed by atoms with Crippen LogP contribution >= 0.6 is 0 Å². The fourth-order valence-corrected chi connectivity index (χ4v) is 1.69. The maximum atomic E-state index is 12.0. The first-order valence-corrected chi connectivity index (χ1v) is 6.43. The van der Waals surface area contributed by atoms with Gasteiger partial charge in [-0.2, -0.15) is 0 Å². The zero-order valence-corrected chi connectivity index (χ0v) is 11.8. The van der Waals surface area contributed by atoms with E-state index in [1.165, 1.54) is 24.5 Å². The fraction of sp³-hybridized carbons (Fsp3) is 0.583. The van der Waals surface area contributed by atoms with Gasteiger partial charge in [-0.3, -0.25) is 0 Å². The normalized spacial score (nSPS) is 11.9. The molecule has 21 heavy (non-hydrogen) atoms. The molecule has 0 aliphatic heterocycles. The zero-order valence-electron chi connectivity index (χ0n) is 11.8. The molecule has 0 saturated carbocycles. The minimum absolute atomic E-state index is 0.0956. The molecule has 1 rings (SSSR count). The summed E-state index contributed by atoms with van der Waals surface area (Å²) < 4.78 is 4.87. The van der Waals surface area contributed by atoms with Gasteiger partial charge in [-0.05, 0) is 0 Å². The van der Waals surface area contributed by atoms with Crippen LogP contribution in [0.3, 0.4) is 0 Å². The fourth-order valence-electron chi connectivity index (χ4n) is 1.69. The van der Waals surface area contributed by atoms with Crippen molar-refractivity contribution in [3.8, 4) is 0 Å². The van der Waals surface area contributed by atoms with E-state index in [9.17, 15) is 9.59 Å². The molecular formula is C12H20N4O5. The van der Waals surface area contributed by atoms with E-state index in [1.807, 2.05) is 0 Å². The Morgan fingerprint density at radius 2 is 2.29 bits per heavy atom. The first-order valence-electron chi connectivity index (χ1n) is 6.43. The molecule has 0 aliphatic carbocycles. The van der Waals surface area contributed by atoms with Gasteiger partial charge >= 0.3 is 12.0 Å². The molecule has 0 aliphatic rings. The number of ether oxygens (including phenoxy) is 1. The van der Waals surface area contributed by atoms with E-state index in [0.29, 0.717) is 12.3 Å². The summed E-state index contributed by atoms with van der Waals surface area (Å²) in [5.41, 5.74) is 0.605. The minimum atomic E-state index is -1.14. The van der Waals surface area contributed by atoms with Crippen LogP contribution in [0.5, 0.6) is 0 Å². The van der Waals surface area contributed by atoms with Crippen molar-refractivity contribution in [1.82, 2.24) is 20.2 Å². The monoisotopic (exact) mass is 300 g/mol. The number of carboxylic acid groups (broad SMARTS) is 1. The number of aliphatic carboxylic acids is 1. The molecule has 1 heterocycles. The lowest BCUT2D eigenvalue weighted by Crippen LogP contribution is -2.50. The van der Waals surface area contributed by atoms with E-state index in [4.69, 9.17) is 14.9 Å². The van der Waals surface area contributed by atoms with Crippen LogP contribution in [0.15, 0.2) is 12.5 Å². The first-order chi connectivity index (χ1) is 10.1. The number of nitrogens with one attached hydrogen (secondary N) is 2. The number of H-pyrrole nitrogens is 1. The summed E-state index contributed by atoms with van der Waals surface area (Å²) in [5.74, 6) is -1.14. The summed E-state index contributed by atoms with van der Waals surface area (Å²) in [5, 5.41) is 20.5. The van der Waals surface area contributed by atoms with Crippen LogP contribution in [0.1, 0.15) is 5.69 Å². The first kappa shape index (κ1) is 16.9. The standard InChI is InChI=1S/C12H20N4O5/c1-21-5-3-16(2-4-17)12(20)15-10(11(18)19)6-9-7-13-8-14-9/h7-8,10,17H,2-6H2,1H3,(H,13,14)(H,15,20)(H,18,19)/t10-/m0/s1. The van der Waals surface area contributed by atoms with Crippen LogP contribution in [0, 0.1) is 0 Å². The molecule has 9 nitrogen and oxygen atoms in total. The maximum Gasteiger partial charge on any atom is 0.326 e. The highest BCUT2D eigenvalue weighted by atomic mass is 16.5. The smallest absolute Gasteiger partial charge is 0.326 e. The highest BCUT2D eigenvalue weighted by Gasteiger charge is 2.23. The number of carboxylic acids is 1. The van der Waals surface area contributed by atoms with Crippen molar-refractivity contribution in [1.29, 1.82) is 0 Å². The number of methoxy groups -OCH3 is 1. The van der Waals surface area contributed by atoms with Crippen molar-refractivity contribution in [3.63, 3.8) is 0 Å². The summed E-state index contributed by atoms with van der Waals surface area (Å²) in [6, 6.07) is -1.64. The van der Waals surface area contributed by atoms with Crippen molar-refractivity contribution < 1.29 is 24.5 Å². The van der Waals surface area contributed by atoms with Crippen molar-refractivity contribution in [2.75, 3.05) is 33.4 Å². The molecule has 0 spiro atoms. The Morgan fingerprint density at radius 1 is 1.52 bits per heavy atom. The number of carbonyl (C=O) groups excluding carboxylic acids is 1. The molecule has 0 bridgehead atoms. The lowest BCUT2D eigenvalue weighted by molar-refractivity contribution is -0.139. The molecule has 1 aromatic rings. The molecule has 0 saturated heterocycles. The van der Waals surface area contributed by atoms with Gasteiger partial charge in [0.05, 0.1) is 19.5 Å². The summed E-state index contributed by atoms with van der Waals surface area (Å²) in [6.45, 7) is 0.450. The molecule has 2 amide bonds. The average molecular weight is 300 g/mol. The number of aromatic nitrogens is 2. The number of aromatic amines is 1. The second-order valence-electron chi connectivity index (χ2n) is 4.32. The zero-order chi connectivity index (χ0) is 15.7. The van der Waals surface area contributed by atoms with Crippen LogP contribution in [0.25, 0.3) is 0 Å². The lowest BCUT2D eigenvalue weighted by Gasteiger charge is -2.24. The molecule has 4 N–H and O–H groups in total. The third kappa shape index (κ3) is 5.79. The maximum absolute atomic E-state index is 12.0. The number of urea groups is 1. The molecule has 118 valence electrons. The molecule has 1 aromatic heterocycles. The Labute approximate surface area is 121 Å². The van der Waals surface area contributed by atoms with Gasteiger partial charge in [0.2, 0.25) is 0 Å². The highest BCUT2D eigenvalue weighted by molar-refractivity contribution is 5.82. The second-order valence-corrected chi connectivity index (χ2v) is 4.32. The van der Waals surface area contributed by atoms with Crippen LogP contribution in [0.4, 0.5) is 4.79 Å². The predicted octanol–water partition coefficient (Wildman–Crippen LogP) is -0.944. The van der Waals surface area contributed by atoms with Gasteiger partial charge in [-0.1, -0.05) is 0 Å². The van der Waals surface area contributed by atoms with E-state index in [0.717, 1.165) is 0 Å². The number of amides is 2. The summed E-state index contributed by atoms with van der Waals surface area (Å²) >= 11 is 0. The van der Waals surface area contributed by atoms with Crippen molar-refractivity contribution in [2.24, 2.45) is 0 Å². The summed E-state index contributed by atoms with van der Waals surface area (Å²) in [6.07, 6.45) is 3.03. The molecular weight excluding hydrogens is 280 g/mol. The molecule has 0 radical (unpaired) electrons. The largest absolute Gasteiger partial charge is 0.480 e. The molecule has 9 heteroatoms. The van der Waals surface area contributed by atoms with E-state index < -0.39 is 18.0 Å². The number of nitrogens with zero attached hydrogens (tertiary/aromatic N) is 2. The van der Waals surface area contributed by atoms with Crippen LogP contribution < -0.4 is 5.32 Å². The van der Waals surface area contributed by atoms with Crippen molar-refractivity contribution in [2.45, 2.75) is 12.5 Å². The second kappa shape index (κ2) is 8.93. The number of rotatable bonds is 9. The predicted molar refractivity (Wildman–Crippen MR) is 72.8 cm³/mol. The van der Waals surface area contributed by atoms with Gasteiger partial charge in [0, 0.05) is 38.5 Å². The number of hydrogen-bond donors (Lipinski definition) is 4. The third-order valence-electron chi connectivity index (χ3n) is 2.80. The quantitative estimate of drug-likeness (QED) is 0.466. The Bertz CT molecular complexity index is 437. The SMILES string of the molecule is COCCN(CCO)C(=O)N[C@@H](Cc1cnc[nH]1)C(=O)O. The van der Waals surface area contributed by atoms with Crippen molar-refractivity contribution >= 4 is 12.0 Å². The topological polar surface area (TPSA) is 128 Å². The van der Waals surface area contributed by atoms with Gasteiger partial charge in [-0.25, -0.2) is 14.6 Å². The van der Waals surface area contributed by atoms with E-state index in [1.54, 1.807) is 0 Å². The van der Waals surface area contributed by atoms with Gasteiger partial charge in [0.15, 0.2) is 0 Å². The summed E-state index contributed by atoms with van der Waals surface area (Å²) in [4.78, 5) is 31.1. The van der Waals surface area contributed by atoms with Gasteiger partial charge in [-0.15, -0.1) is 0 Å². The molecule has 0 fully saturated rings. The Morgan fingerprint density at radius 3 is 2.81 bits per heavy atom.